The highest BCUT2D eigenvalue weighted by molar-refractivity contribution is 5.95. The van der Waals surface area contributed by atoms with Crippen LogP contribution in [0.4, 0.5) is 21.9 Å². The molecule has 182 valence electrons. The molecule has 2 heterocycles. The Bertz CT molecular complexity index is 1160. The van der Waals surface area contributed by atoms with Crippen molar-refractivity contribution in [1.29, 1.82) is 0 Å². The molecule has 0 bridgehead atoms. The van der Waals surface area contributed by atoms with Crippen molar-refractivity contribution in [3.63, 3.8) is 0 Å². The van der Waals surface area contributed by atoms with Gasteiger partial charge in [-0.2, -0.15) is 0 Å². The molecular formula is C26H29N5O4. The summed E-state index contributed by atoms with van der Waals surface area (Å²) in [5.41, 5.74) is 3.14. The molecule has 1 fully saturated rings. The van der Waals surface area contributed by atoms with Crippen molar-refractivity contribution in [3.8, 4) is 11.5 Å². The molecule has 4 rings (SSSR count). The van der Waals surface area contributed by atoms with E-state index in [9.17, 15) is 9.59 Å². The summed E-state index contributed by atoms with van der Waals surface area (Å²) < 4.78 is 10.6. The van der Waals surface area contributed by atoms with Crippen LogP contribution in [-0.2, 0) is 0 Å². The summed E-state index contributed by atoms with van der Waals surface area (Å²) in [6.07, 6.45) is 3.49. The van der Waals surface area contributed by atoms with Crippen molar-refractivity contribution in [3.05, 3.63) is 72.6 Å². The molecule has 1 aromatic heterocycles. The highest BCUT2D eigenvalue weighted by Crippen LogP contribution is 2.29. The first-order valence-electron chi connectivity index (χ1n) is 11.3. The first kappa shape index (κ1) is 23.9. The SMILES string of the molecule is COc1ccc(OC)c(NC(=O)N2CCN(C(=O)c3ccc(N(C)c4ccncc4)cc3)CC2)c1. The number of nitrogens with zero attached hydrogens (tertiary/aromatic N) is 4. The van der Waals surface area contributed by atoms with Gasteiger partial charge >= 0.3 is 6.03 Å². The predicted octanol–water partition coefficient (Wildman–Crippen LogP) is 3.86. The summed E-state index contributed by atoms with van der Waals surface area (Å²) in [5.74, 6) is 1.12. The number of hydrogen-bond donors (Lipinski definition) is 1. The van der Waals surface area contributed by atoms with Crippen molar-refractivity contribution < 1.29 is 19.1 Å². The third kappa shape index (κ3) is 5.46. The normalized spacial score (nSPS) is 13.2. The van der Waals surface area contributed by atoms with Crippen LogP contribution in [0.2, 0.25) is 0 Å². The lowest BCUT2D eigenvalue weighted by Crippen LogP contribution is -2.51. The van der Waals surface area contributed by atoms with Gasteiger partial charge in [0.25, 0.3) is 5.91 Å². The lowest BCUT2D eigenvalue weighted by atomic mass is 10.1. The Morgan fingerprint density at radius 1 is 0.857 bits per heavy atom. The highest BCUT2D eigenvalue weighted by Gasteiger charge is 2.25. The summed E-state index contributed by atoms with van der Waals surface area (Å²) in [6.45, 7) is 1.79. The molecule has 0 aliphatic carbocycles. The number of pyridine rings is 1. The van der Waals surface area contributed by atoms with Gasteiger partial charge in [-0.05, 0) is 48.5 Å². The molecule has 9 heteroatoms. The molecule has 3 aromatic rings. The Kier molecular flexibility index (Phi) is 7.35. The molecule has 0 spiro atoms. The molecule has 0 saturated carbocycles. The van der Waals surface area contributed by atoms with E-state index in [4.69, 9.17) is 9.47 Å². The minimum Gasteiger partial charge on any atom is -0.497 e. The van der Waals surface area contributed by atoms with Crippen molar-refractivity contribution in [2.24, 2.45) is 0 Å². The largest absolute Gasteiger partial charge is 0.497 e. The summed E-state index contributed by atoms with van der Waals surface area (Å²) >= 11 is 0. The number of aromatic nitrogens is 1. The molecule has 1 aliphatic rings. The van der Waals surface area contributed by atoms with Gasteiger partial charge in [-0.3, -0.25) is 9.78 Å². The zero-order valence-corrected chi connectivity index (χ0v) is 20.1. The predicted molar refractivity (Wildman–Crippen MR) is 135 cm³/mol. The van der Waals surface area contributed by atoms with Crippen molar-refractivity contribution in [1.82, 2.24) is 14.8 Å². The zero-order valence-electron chi connectivity index (χ0n) is 20.1. The summed E-state index contributed by atoms with van der Waals surface area (Å²) in [6, 6.07) is 16.4. The van der Waals surface area contributed by atoms with Crippen molar-refractivity contribution in [2.75, 3.05) is 57.7 Å². The van der Waals surface area contributed by atoms with E-state index in [1.165, 1.54) is 0 Å². The molecule has 1 saturated heterocycles. The van der Waals surface area contributed by atoms with Gasteiger partial charge in [-0.1, -0.05) is 0 Å². The van der Waals surface area contributed by atoms with Crippen LogP contribution in [0.25, 0.3) is 0 Å². The monoisotopic (exact) mass is 475 g/mol. The quantitative estimate of drug-likeness (QED) is 0.583. The van der Waals surface area contributed by atoms with E-state index >= 15 is 0 Å². The average Bonchev–Trinajstić information content (AvgIpc) is 2.92. The van der Waals surface area contributed by atoms with Crippen LogP contribution < -0.4 is 19.7 Å². The number of hydrogen-bond acceptors (Lipinski definition) is 6. The Labute approximate surface area is 204 Å². The van der Waals surface area contributed by atoms with Crippen LogP contribution in [0.1, 0.15) is 10.4 Å². The molecule has 9 nitrogen and oxygen atoms in total. The standard InChI is InChI=1S/C26H29N5O4/c1-29(21-10-12-27-13-11-21)20-6-4-19(5-7-20)25(32)30-14-16-31(17-15-30)26(33)28-23-18-22(34-2)8-9-24(23)35-3/h4-13,18H,14-17H2,1-3H3,(H,28,33). The van der Waals surface area contributed by atoms with Gasteiger partial charge in [0.05, 0.1) is 19.9 Å². The second-order valence-electron chi connectivity index (χ2n) is 8.09. The minimum atomic E-state index is -0.243. The van der Waals surface area contributed by atoms with E-state index in [1.54, 1.807) is 54.6 Å². The third-order valence-electron chi connectivity index (χ3n) is 6.05. The Hall–Kier alpha value is -4.27. The fourth-order valence-corrected chi connectivity index (χ4v) is 3.95. The molecule has 0 unspecified atom stereocenters. The number of piperazine rings is 1. The van der Waals surface area contributed by atoms with Gasteiger partial charge in [-0.15, -0.1) is 0 Å². The van der Waals surface area contributed by atoms with Crippen molar-refractivity contribution >= 4 is 29.0 Å². The van der Waals surface area contributed by atoms with Crippen LogP contribution >= 0.6 is 0 Å². The van der Waals surface area contributed by atoms with Gasteiger partial charge in [0.15, 0.2) is 0 Å². The number of anilines is 3. The van der Waals surface area contributed by atoms with Crippen LogP contribution in [0.5, 0.6) is 11.5 Å². The summed E-state index contributed by atoms with van der Waals surface area (Å²) in [4.78, 5) is 35.4. The number of carbonyl (C=O) groups is 2. The first-order chi connectivity index (χ1) is 17.0. The maximum Gasteiger partial charge on any atom is 0.322 e. The Morgan fingerprint density at radius 2 is 1.49 bits per heavy atom. The fourth-order valence-electron chi connectivity index (χ4n) is 3.95. The van der Waals surface area contributed by atoms with E-state index in [0.717, 1.165) is 11.4 Å². The molecule has 35 heavy (non-hydrogen) atoms. The number of methoxy groups -OCH3 is 2. The molecular weight excluding hydrogens is 446 g/mol. The van der Waals surface area contributed by atoms with E-state index < -0.39 is 0 Å². The zero-order chi connectivity index (χ0) is 24.8. The number of carbonyl (C=O) groups excluding carboxylic acids is 2. The molecule has 0 radical (unpaired) electrons. The lowest BCUT2D eigenvalue weighted by Gasteiger charge is -2.35. The number of urea groups is 1. The van der Waals surface area contributed by atoms with Crippen LogP contribution in [-0.4, -0.2) is 74.2 Å². The third-order valence-corrected chi connectivity index (χ3v) is 6.05. The van der Waals surface area contributed by atoms with Crippen LogP contribution in [0, 0.1) is 0 Å². The molecule has 0 atom stereocenters. The smallest absolute Gasteiger partial charge is 0.322 e. The van der Waals surface area contributed by atoms with Crippen LogP contribution in [0.15, 0.2) is 67.0 Å². The number of ether oxygens (including phenoxy) is 2. The summed E-state index contributed by atoms with van der Waals surface area (Å²) in [7, 11) is 5.08. The Balaban J connectivity index is 1.34. The molecule has 1 aliphatic heterocycles. The number of nitrogens with one attached hydrogen (secondary N) is 1. The van der Waals surface area contributed by atoms with E-state index in [2.05, 4.69) is 10.3 Å². The number of amides is 3. The topological polar surface area (TPSA) is 87.2 Å². The molecule has 2 aromatic carbocycles. The highest BCUT2D eigenvalue weighted by atomic mass is 16.5. The van der Waals surface area contributed by atoms with Gasteiger partial charge < -0.3 is 29.5 Å². The Morgan fingerprint density at radius 3 is 2.11 bits per heavy atom. The van der Waals surface area contributed by atoms with E-state index in [-0.39, 0.29) is 11.9 Å². The first-order valence-corrected chi connectivity index (χ1v) is 11.3. The molecule has 1 N–H and O–H groups in total. The van der Waals surface area contributed by atoms with Gasteiger partial charge in [0.2, 0.25) is 0 Å². The van der Waals surface area contributed by atoms with E-state index in [0.29, 0.717) is 48.9 Å². The minimum absolute atomic E-state index is 0.0439. The molecule has 3 amide bonds. The number of rotatable bonds is 6. The fraction of sp³-hybridized carbons (Fsp3) is 0.269. The number of benzene rings is 2. The van der Waals surface area contributed by atoms with Crippen LogP contribution in [0.3, 0.4) is 0 Å². The van der Waals surface area contributed by atoms with Gasteiger partial charge in [0.1, 0.15) is 11.5 Å². The maximum atomic E-state index is 13.0. The summed E-state index contributed by atoms with van der Waals surface area (Å²) in [5, 5.41) is 2.88. The second kappa shape index (κ2) is 10.8. The maximum absolute atomic E-state index is 13.0. The second-order valence-corrected chi connectivity index (χ2v) is 8.09. The van der Waals surface area contributed by atoms with E-state index in [1.807, 2.05) is 48.3 Å². The van der Waals surface area contributed by atoms with Gasteiger partial charge in [0, 0.05) is 68.6 Å². The van der Waals surface area contributed by atoms with Crippen molar-refractivity contribution in [2.45, 2.75) is 0 Å². The average molecular weight is 476 g/mol. The van der Waals surface area contributed by atoms with Gasteiger partial charge in [-0.25, -0.2) is 4.79 Å². The lowest BCUT2D eigenvalue weighted by molar-refractivity contribution is 0.0671.